The molecule has 0 spiro atoms. The van der Waals surface area contributed by atoms with E-state index in [1.807, 2.05) is 0 Å². The number of carbonyl (C=O) groups is 2. The second kappa shape index (κ2) is 8.77. The van der Waals surface area contributed by atoms with Crippen molar-refractivity contribution in [3.63, 3.8) is 0 Å². The first-order valence-electron chi connectivity index (χ1n) is 8.83. The number of carbonyl (C=O) groups excluding carboxylic acids is 2. The maximum atomic E-state index is 13.0. The van der Waals surface area contributed by atoms with E-state index in [-0.39, 0.29) is 29.8 Å². The van der Waals surface area contributed by atoms with Crippen molar-refractivity contribution in [1.82, 2.24) is 4.90 Å². The van der Waals surface area contributed by atoms with Crippen LogP contribution in [-0.4, -0.2) is 36.4 Å². The number of anilines is 1. The molecule has 1 aliphatic rings. The standard InChI is InChI=1S/C20H19F3N2O3/c21-15-9-7-13(8-10-15)19(27)25-11-3-4-14(12-25)18(26)24-16-5-1-2-6-17(16)28-20(22)23/h1-2,5-10,14,20H,3-4,11-12H2,(H,24,26). The quantitative estimate of drug-likeness (QED) is 0.839. The fourth-order valence-corrected chi connectivity index (χ4v) is 3.15. The number of ether oxygens (including phenoxy) is 1. The summed E-state index contributed by atoms with van der Waals surface area (Å²) in [5.74, 6) is -1.70. The molecule has 0 bridgehead atoms. The van der Waals surface area contributed by atoms with E-state index in [9.17, 15) is 22.8 Å². The van der Waals surface area contributed by atoms with Crippen LogP contribution in [0.4, 0.5) is 18.9 Å². The fraction of sp³-hybridized carbons (Fsp3) is 0.300. The number of amides is 2. The van der Waals surface area contributed by atoms with Crippen molar-refractivity contribution < 1.29 is 27.5 Å². The average molecular weight is 392 g/mol. The summed E-state index contributed by atoms with van der Waals surface area (Å²) in [6.07, 6.45) is 1.19. The number of alkyl halides is 2. The Morgan fingerprint density at radius 3 is 2.54 bits per heavy atom. The number of para-hydroxylation sites is 2. The first-order valence-corrected chi connectivity index (χ1v) is 8.83. The van der Waals surface area contributed by atoms with Crippen LogP contribution in [0.1, 0.15) is 23.2 Å². The Balaban J connectivity index is 1.66. The molecule has 1 atom stereocenters. The Kier molecular flexibility index (Phi) is 6.18. The van der Waals surface area contributed by atoms with Crippen molar-refractivity contribution in [2.24, 2.45) is 5.92 Å². The van der Waals surface area contributed by atoms with Gasteiger partial charge < -0.3 is 15.0 Å². The van der Waals surface area contributed by atoms with Gasteiger partial charge in [0.05, 0.1) is 11.6 Å². The number of piperidine rings is 1. The van der Waals surface area contributed by atoms with E-state index in [0.717, 1.165) is 0 Å². The van der Waals surface area contributed by atoms with Gasteiger partial charge in [-0.2, -0.15) is 8.78 Å². The highest BCUT2D eigenvalue weighted by Crippen LogP contribution is 2.27. The smallest absolute Gasteiger partial charge is 0.387 e. The molecule has 1 heterocycles. The first kappa shape index (κ1) is 19.7. The molecule has 5 nitrogen and oxygen atoms in total. The molecular formula is C20H19F3N2O3. The summed E-state index contributed by atoms with van der Waals surface area (Å²) in [6, 6.07) is 11.2. The normalized spacial score (nSPS) is 16.7. The van der Waals surface area contributed by atoms with Crippen LogP contribution in [0.25, 0.3) is 0 Å². The molecule has 0 aliphatic carbocycles. The summed E-state index contributed by atoms with van der Waals surface area (Å²) in [6.45, 7) is -2.32. The molecule has 0 saturated carbocycles. The highest BCUT2D eigenvalue weighted by Gasteiger charge is 2.29. The molecule has 1 fully saturated rings. The molecule has 28 heavy (non-hydrogen) atoms. The third-order valence-corrected chi connectivity index (χ3v) is 4.53. The van der Waals surface area contributed by atoms with Gasteiger partial charge in [0.25, 0.3) is 5.91 Å². The molecule has 2 amide bonds. The maximum absolute atomic E-state index is 13.0. The zero-order chi connectivity index (χ0) is 20.1. The zero-order valence-corrected chi connectivity index (χ0v) is 14.9. The Morgan fingerprint density at radius 2 is 1.82 bits per heavy atom. The van der Waals surface area contributed by atoms with Crippen LogP contribution in [0, 0.1) is 11.7 Å². The van der Waals surface area contributed by atoms with Gasteiger partial charge in [0.15, 0.2) is 0 Å². The number of hydrogen-bond donors (Lipinski definition) is 1. The van der Waals surface area contributed by atoms with Gasteiger partial charge in [0, 0.05) is 18.7 Å². The summed E-state index contributed by atoms with van der Waals surface area (Å²) in [5, 5.41) is 2.61. The average Bonchev–Trinajstić information content (AvgIpc) is 2.69. The molecule has 0 aromatic heterocycles. The van der Waals surface area contributed by atoms with Gasteiger partial charge in [-0.25, -0.2) is 4.39 Å². The highest BCUT2D eigenvalue weighted by atomic mass is 19.3. The van der Waals surface area contributed by atoms with Crippen molar-refractivity contribution in [1.29, 1.82) is 0 Å². The molecule has 2 aromatic rings. The van der Waals surface area contributed by atoms with Crippen LogP contribution >= 0.6 is 0 Å². The largest absolute Gasteiger partial charge is 0.433 e. The van der Waals surface area contributed by atoms with Gasteiger partial charge in [-0.15, -0.1) is 0 Å². The maximum Gasteiger partial charge on any atom is 0.387 e. The molecule has 8 heteroatoms. The second-order valence-electron chi connectivity index (χ2n) is 6.46. The predicted molar refractivity (Wildman–Crippen MR) is 96.7 cm³/mol. The molecule has 1 aliphatic heterocycles. The summed E-state index contributed by atoms with van der Waals surface area (Å²) in [7, 11) is 0. The van der Waals surface area contributed by atoms with Gasteiger partial charge in [0.2, 0.25) is 5.91 Å². The van der Waals surface area contributed by atoms with Crippen LogP contribution in [0.2, 0.25) is 0 Å². The number of benzene rings is 2. The van der Waals surface area contributed by atoms with Crippen LogP contribution < -0.4 is 10.1 Å². The molecule has 2 aromatic carbocycles. The lowest BCUT2D eigenvalue weighted by molar-refractivity contribution is -0.121. The van der Waals surface area contributed by atoms with Crippen LogP contribution in [0.15, 0.2) is 48.5 Å². The van der Waals surface area contributed by atoms with E-state index in [1.165, 1.54) is 42.5 Å². The Bertz CT molecular complexity index is 843. The Labute approximate surface area is 160 Å². The molecule has 0 radical (unpaired) electrons. The lowest BCUT2D eigenvalue weighted by atomic mass is 9.96. The van der Waals surface area contributed by atoms with Gasteiger partial charge in [-0.1, -0.05) is 12.1 Å². The predicted octanol–water partition coefficient (Wildman–Crippen LogP) is 3.92. The first-order chi connectivity index (χ1) is 13.4. The van der Waals surface area contributed by atoms with Crippen LogP contribution in [-0.2, 0) is 4.79 Å². The molecule has 1 N–H and O–H groups in total. The summed E-state index contributed by atoms with van der Waals surface area (Å²) >= 11 is 0. The minimum Gasteiger partial charge on any atom is -0.433 e. The van der Waals surface area contributed by atoms with E-state index in [4.69, 9.17) is 0 Å². The second-order valence-corrected chi connectivity index (χ2v) is 6.46. The minimum atomic E-state index is -3.00. The number of nitrogens with one attached hydrogen (secondary N) is 1. The minimum absolute atomic E-state index is 0.124. The van der Waals surface area contributed by atoms with Crippen molar-refractivity contribution in [2.75, 3.05) is 18.4 Å². The van der Waals surface area contributed by atoms with Crippen LogP contribution in [0.3, 0.4) is 0 Å². The third kappa shape index (κ3) is 4.82. The van der Waals surface area contributed by atoms with Crippen LogP contribution in [0.5, 0.6) is 5.75 Å². The number of rotatable bonds is 5. The number of hydrogen-bond acceptors (Lipinski definition) is 3. The van der Waals surface area contributed by atoms with E-state index in [0.29, 0.717) is 24.9 Å². The molecule has 1 unspecified atom stereocenters. The molecule has 148 valence electrons. The van der Waals surface area contributed by atoms with Crippen molar-refractivity contribution >= 4 is 17.5 Å². The molecule has 3 rings (SSSR count). The molecular weight excluding hydrogens is 373 g/mol. The SMILES string of the molecule is O=C(Nc1ccccc1OC(F)F)C1CCCN(C(=O)c2ccc(F)cc2)C1. The van der Waals surface area contributed by atoms with Crippen molar-refractivity contribution in [3.8, 4) is 5.75 Å². The van der Waals surface area contributed by atoms with Gasteiger partial charge in [-0.05, 0) is 49.2 Å². The van der Waals surface area contributed by atoms with Crippen molar-refractivity contribution in [3.05, 3.63) is 59.9 Å². The molecule has 1 saturated heterocycles. The van der Waals surface area contributed by atoms with E-state index in [1.54, 1.807) is 11.0 Å². The highest BCUT2D eigenvalue weighted by molar-refractivity contribution is 5.96. The summed E-state index contributed by atoms with van der Waals surface area (Å²) in [5.41, 5.74) is 0.493. The summed E-state index contributed by atoms with van der Waals surface area (Å²) in [4.78, 5) is 26.7. The zero-order valence-electron chi connectivity index (χ0n) is 14.9. The summed E-state index contributed by atoms with van der Waals surface area (Å²) < 4.78 is 42.5. The number of likely N-dealkylation sites (tertiary alicyclic amines) is 1. The van der Waals surface area contributed by atoms with E-state index in [2.05, 4.69) is 10.1 Å². The monoisotopic (exact) mass is 392 g/mol. The van der Waals surface area contributed by atoms with Gasteiger partial charge in [-0.3, -0.25) is 9.59 Å². The van der Waals surface area contributed by atoms with E-state index < -0.39 is 18.3 Å². The Morgan fingerprint density at radius 1 is 1.11 bits per heavy atom. The van der Waals surface area contributed by atoms with E-state index >= 15 is 0 Å². The lowest BCUT2D eigenvalue weighted by Gasteiger charge is -2.32. The van der Waals surface area contributed by atoms with Gasteiger partial charge >= 0.3 is 6.61 Å². The number of halogens is 3. The van der Waals surface area contributed by atoms with Gasteiger partial charge in [0.1, 0.15) is 11.6 Å². The Hall–Kier alpha value is -3.03. The lowest BCUT2D eigenvalue weighted by Crippen LogP contribution is -2.43. The number of nitrogens with zero attached hydrogens (tertiary/aromatic N) is 1. The fourth-order valence-electron chi connectivity index (χ4n) is 3.15. The third-order valence-electron chi connectivity index (χ3n) is 4.53. The topological polar surface area (TPSA) is 58.6 Å². The van der Waals surface area contributed by atoms with Crippen molar-refractivity contribution in [2.45, 2.75) is 19.5 Å².